The van der Waals surface area contributed by atoms with Crippen LogP contribution in [0.5, 0.6) is 0 Å². The number of carbonyl (C=O) groups is 1. The Hall–Kier alpha value is -4.70. The summed E-state index contributed by atoms with van der Waals surface area (Å²) in [5.74, 6) is 0.0840. The molecule has 4 aromatic rings. The van der Waals surface area contributed by atoms with E-state index in [9.17, 15) is 25.0 Å². The Bertz CT molecular complexity index is 2260. The zero-order valence-corrected chi connectivity index (χ0v) is 33.4. The highest BCUT2D eigenvalue weighted by Gasteiger charge is 2.47. The highest BCUT2D eigenvalue weighted by atomic mass is 32.2. The van der Waals surface area contributed by atoms with Gasteiger partial charge in [-0.25, -0.2) is 8.42 Å². The Labute approximate surface area is 327 Å². The molecule has 0 aliphatic carbocycles. The van der Waals surface area contributed by atoms with Crippen LogP contribution in [-0.2, 0) is 25.0 Å². The molecule has 1 aromatic heterocycles. The SMILES string of the molecule is CC[C@@H](c1c(-c2cc(C)cc(C)c2)[nH]c2ccc(C(C)(C)C(=O)N3C4CCC3CC4)cc12)N(CCN1CCOCC1)S(=O)(=O)c1ccc([N+](=O)[O-])cc1[N+](=O)[O-]. The minimum atomic E-state index is -4.67. The number of nitro benzene ring substituents is 2. The van der Waals surface area contributed by atoms with Gasteiger partial charge in [-0.15, -0.1) is 0 Å². The van der Waals surface area contributed by atoms with Crippen LogP contribution >= 0.6 is 0 Å². The number of benzene rings is 3. The monoisotopic (exact) mass is 786 g/mol. The summed E-state index contributed by atoms with van der Waals surface area (Å²) in [6.45, 7) is 12.3. The zero-order valence-electron chi connectivity index (χ0n) is 32.6. The number of aryl methyl sites for hydroxylation is 2. The summed E-state index contributed by atoms with van der Waals surface area (Å²) < 4.78 is 37.0. The smallest absolute Gasteiger partial charge is 0.296 e. The van der Waals surface area contributed by atoms with Crippen molar-refractivity contribution in [3.8, 4) is 11.3 Å². The van der Waals surface area contributed by atoms with Gasteiger partial charge in [0.2, 0.25) is 5.91 Å². The van der Waals surface area contributed by atoms with E-state index in [4.69, 9.17) is 4.74 Å². The minimum Gasteiger partial charge on any atom is -0.379 e. The van der Waals surface area contributed by atoms with Crippen LogP contribution < -0.4 is 0 Å². The molecule has 1 amide bonds. The van der Waals surface area contributed by atoms with Gasteiger partial charge in [0.1, 0.15) is 0 Å². The molecular weight excluding hydrogens is 737 g/mol. The Kier molecular flexibility index (Phi) is 10.8. The quantitative estimate of drug-likeness (QED) is 0.109. The number of H-pyrrole nitrogens is 1. The molecule has 298 valence electrons. The van der Waals surface area contributed by atoms with E-state index >= 15 is 8.42 Å². The van der Waals surface area contributed by atoms with Crippen LogP contribution in [0.15, 0.2) is 59.5 Å². The molecule has 15 heteroatoms. The lowest BCUT2D eigenvalue weighted by atomic mass is 9.81. The van der Waals surface area contributed by atoms with Crippen molar-refractivity contribution in [2.24, 2.45) is 0 Å². The van der Waals surface area contributed by atoms with Gasteiger partial charge in [-0.2, -0.15) is 4.31 Å². The average Bonchev–Trinajstić information content (AvgIpc) is 3.88. The molecule has 3 fully saturated rings. The summed E-state index contributed by atoms with van der Waals surface area (Å²) in [5, 5.41) is 24.8. The van der Waals surface area contributed by atoms with Crippen molar-refractivity contribution in [3.63, 3.8) is 0 Å². The number of aromatic nitrogens is 1. The topological polar surface area (TPSA) is 172 Å². The number of nitro groups is 2. The maximum atomic E-state index is 15.1. The molecule has 1 N–H and O–H groups in total. The number of fused-ring (bicyclic) bond motifs is 3. The Balaban J connectivity index is 1.42. The third kappa shape index (κ3) is 7.21. The molecule has 0 radical (unpaired) electrons. The zero-order chi connectivity index (χ0) is 40.1. The third-order valence-corrected chi connectivity index (χ3v) is 14.0. The van der Waals surface area contributed by atoms with Crippen molar-refractivity contribution in [1.82, 2.24) is 19.1 Å². The van der Waals surface area contributed by atoms with Crippen LogP contribution in [0.25, 0.3) is 22.2 Å². The second-order valence-electron chi connectivity index (χ2n) is 16.0. The Morgan fingerprint density at radius 2 is 1.59 bits per heavy atom. The van der Waals surface area contributed by atoms with Crippen LogP contribution in [0.4, 0.5) is 11.4 Å². The minimum absolute atomic E-state index is 0.0185. The first kappa shape index (κ1) is 39.5. The maximum absolute atomic E-state index is 15.1. The predicted octanol–water partition coefficient (Wildman–Crippen LogP) is 7.17. The number of non-ortho nitro benzene ring substituents is 1. The van der Waals surface area contributed by atoms with Gasteiger partial charge < -0.3 is 14.6 Å². The molecule has 14 nitrogen and oxygen atoms in total. The van der Waals surface area contributed by atoms with Gasteiger partial charge in [0.15, 0.2) is 4.90 Å². The summed E-state index contributed by atoms with van der Waals surface area (Å²) in [6.07, 6.45) is 4.37. The third-order valence-electron chi connectivity index (χ3n) is 12.0. The number of nitrogens with zero attached hydrogens (tertiary/aromatic N) is 5. The normalized spacial score (nSPS) is 19.6. The van der Waals surface area contributed by atoms with Gasteiger partial charge in [-0.3, -0.25) is 29.9 Å². The molecule has 56 heavy (non-hydrogen) atoms. The molecule has 3 saturated heterocycles. The highest BCUT2D eigenvalue weighted by Crippen LogP contribution is 2.45. The molecular formula is C41H50N6O8S. The molecule has 3 aromatic carbocycles. The van der Waals surface area contributed by atoms with E-state index in [1.54, 1.807) is 0 Å². The summed E-state index contributed by atoms with van der Waals surface area (Å²) in [4.78, 5) is 43.9. The number of morpholine rings is 1. The van der Waals surface area contributed by atoms with Crippen molar-refractivity contribution in [2.45, 2.75) is 95.2 Å². The average molecular weight is 787 g/mol. The number of nitrogens with one attached hydrogen (secondary N) is 1. The summed E-state index contributed by atoms with van der Waals surface area (Å²) in [6, 6.07) is 14.4. The first-order valence-corrected chi connectivity index (χ1v) is 20.9. The first-order chi connectivity index (χ1) is 26.6. The molecule has 1 atom stereocenters. The van der Waals surface area contributed by atoms with Crippen LogP contribution in [-0.4, -0.2) is 94.7 Å². The number of ether oxygens (including phenoxy) is 1. The summed E-state index contributed by atoms with van der Waals surface area (Å²) in [5.41, 5.74) is 3.52. The van der Waals surface area contributed by atoms with E-state index in [0.29, 0.717) is 50.2 Å². The second kappa shape index (κ2) is 15.3. The van der Waals surface area contributed by atoms with Gasteiger partial charge in [0.25, 0.3) is 21.4 Å². The fourth-order valence-corrected chi connectivity index (χ4v) is 11.0. The second-order valence-corrected chi connectivity index (χ2v) is 17.9. The molecule has 3 aliphatic heterocycles. The predicted molar refractivity (Wildman–Crippen MR) is 213 cm³/mol. The standard InChI is InChI=1S/C41H50N6O8S/c1-6-35(44(16-15-43-17-19-55-20-18-43)56(53,54)37-14-12-32(46(49)50)25-36(37)47(51)52)38-33-24-29(41(4,5)40(48)45-30-8-9-31(45)11-10-30)7-13-34(33)42-39(38)28-22-26(2)21-27(3)23-28/h7,12-14,21-25,30-31,35,42H,6,8-11,15-20H2,1-5H3/t30?,31?,35-/m0/s1. The van der Waals surface area contributed by atoms with Crippen LogP contribution in [0.2, 0.25) is 0 Å². The summed E-state index contributed by atoms with van der Waals surface area (Å²) >= 11 is 0. The number of hydrogen-bond acceptors (Lipinski definition) is 9. The first-order valence-electron chi connectivity index (χ1n) is 19.4. The number of amides is 1. The largest absolute Gasteiger partial charge is 0.379 e. The molecule has 0 spiro atoms. The van der Waals surface area contributed by atoms with Crippen LogP contribution in [0, 0.1) is 34.1 Å². The molecule has 3 aliphatic rings. The lowest BCUT2D eigenvalue weighted by molar-refractivity contribution is -0.396. The van der Waals surface area contributed by atoms with Crippen molar-refractivity contribution < 1.29 is 27.8 Å². The van der Waals surface area contributed by atoms with Crippen LogP contribution in [0.1, 0.15) is 81.2 Å². The molecule has 0 unspecified atom stereocenters. The van der Waals surface area contributed by atoms with E-state index in [1.165, 1.54) is 4.31 Å². The van der Waals surface area contributed by atoms with E-state index < -0.39 is 47.6 Å². The van der Waals surface area contributed by atoms with Crippen molar-refractivity contribution in [3.05, 3.63) is 97.1 Å². The van der Waals surface area contributed by atoms with E-state index in [0.717, 1.165) is 71.0 Å². The van der Waals surface area contributed by atoms with Crippen molar-refractivity contribution in [1.29, 1.82) is 0 Å². The fourth-order valence-electron chi connectivity index (χ4n) is 9.15. The fraction of sp³-hybridized carbons (Fsp3) is 0.488. The van der Waals surface area contributed by atoms with E-state index in [2.05, 4.69) is 20.9 Å². The van der Waals surface area contributed by atoms with Crippen LogP contribution in [0.3, 0.4) is 0 Å². The van der Waals surface area contributed by atoms with Gasteiger partial charge in [0.05, 0.1) is 46.3 Å². The number of aromatic amines is 1. The Morgan fingerprint density at radius 1 is 0.946 bits per heavy atom. The van der Waals surface area contributed by atoms with Crippen molar-refractivity contribution in [2.75, 3.05) is 39.4 Å². The van der Waals surface area contributed by atoms with E-state index in [-0.39, 0.29) is 31.0 Å². The maximum Gasteiger partial charge on any atom is 0.296 e. The molecule has 0 saturated carbocycles. The molecule has 2 bridgehead atoms. The number of carbonyl (C=O) groups excluding carboxylic acids is 1. The summed E-state index contributed by atoms with van der Waals surface area (Å²) in [7, 11) is -4.67. The Morgan fingerprint density at radius 3 is 2.18 bits per heavy atom. The highest BCUT2D eigenvalue weighted by molar-refractivity contribution is 7.89. The van der Waals surface area contributed by atoms with E-state index in [1.807, 2.05) is 65.0 Å². The van der Waals surface area contributed by atoms with Gasteiger partial charge in [-0.1, -0.05) is 30.2 Å². The lowest BCUT2D eigenvalue weighted by Crippen LogP contribution is -2.46. The van der Waals surface area contributed by atoms with Gasteiger partial charge in [0, 0.05) is 60.8 Å². The number of hydrogen-bond donors (Lipinski definition) is 1. The lowest BCUT2D eigenvalue weighted by Gasteiger charge is -2.34. The molecule has 7 rings (SSSR count). The van der Waals surface area contributed by atoms with Gasteiger partial charge in [-0.05, 0) is 101 Å². The number of rotatable bonds is 13. The number of sulfonamides is 1. The van der Waals surface area contributed by atoms with Crippen molar-refractivity contribution >= 4 is 38.2 Å². The van der Waals surface area contributed by atoms with Gasteiger partial charge >= 0.3 is 0 Å². The molecule has 4 heterocycles.